The van der Waals surface area contributed by atoms with E-state index in [4.69, 9.17) is 9.47 Å². The van der Waals surface area contributed by atoms with Crippen LogP contribution >= 0.6 is 0 Å². The molecule has 0 saturated carbocycles. The van der Waals surface area contributed by atoms with E-state index < -0.39 is 6.29 Å². The van der Waals surface area contributed by atoms with Crippen LogP contribution in [0.5, 0.6) is 0 Å². The predicted molar refractivity (Wildman–Crippen MR) is 88.6 cm³/mol. The molecule has 0 aliphatic carbocycles. The lowest BCUT2D eigenvalue weighted by molar-refractivity contribution is -0.267. The average Bonchev–Trinajstić information content (AvgIpc) is 2.57. The molecule has 6 heteroatoms. The van der Waals surface area contributed by atoms with E-state index in [1.807, 2.05) is 20.8 Å². The van der Waals surface area contributed by atoms with E-state index >= 15 is 0 Å². The third kappa shape index (κ3) is 5.48. The van der Waals surface area contributed by atoms with Crippen molar-refractivity contribution in [2.45, 2.75) is 33.5 Å². The van der Waals surface area contributed by atoms with Crippen molar-refractivity contribution in [3.8, 4) is 0 Å². The molecule has 130 valence electrons. The van der Waals surface area contributed by atoms with Gasteiger partial charge in [0.15, 0.2) is 6.29 Å². The zero-order valence-corrected chi connectivity index (χ0v) is 14.3. The van der Waals surface area contributed by atoms with Gasteiger partial charge in [-0.05, 0) is 18.6 Å². The molecule has 0 spiro atoms. The summed E-state index contributed by atoms with van der Waals surface area (Å²) < 4.78 is 11.8. The van der Waals surface area contributed by atoms with Crippen LogP contribution in [-0.2, 0) is 19.1 Å². The zero-order chi connectivity index (χ0) is 17.5. The second-order valence-electron chi connectivity index (χ2n) is 6.64. The van der Waals surface area contributed by atoms with Gasteiger partial charge >= 0.3 is 0 Å². The van der Waals surface area contributed by atoms with Crippen LogP contribution in [0.3, 0.4) is 0 Å². The molecule has 0 aromatic carbocycles. The van der Waals surface area contributed by atoms with Gasteiger partial charge in [0.1, 0.15) is 0 Å². The minimum atomic E-state index is -0.414. The second-order valence-corrected chi connectivity index (χ2v) is 6.64. The molecule has 2 amide bonds. The van der Waals surface area contributed by atoms with Crippen molar-refractivity contribution in [3.63, 3.8) is 0 Å². The summed E-state index contributed by atoms with van der Waals surface area (Å²) in [5.74, 6) is -0.420. The highest BCUT2D eigenvalue weighted by atomic mass is 16.7. The summed E-state index contributed by atoms with van der Waals surface area (Å²) in [5, 5.41) is 5.58. The molecule has 1 heterocycles. The number of carbonyl (C=O) groups excluding carboxylic acids is 2. The number of carbonyl (C=O) groups is 2. The Balaban J connectivity index is 2.57. The van der Waals surface area contributed by atoms with Crippen LogP contribution in [0.4, 0.5) is 0 Å². The molecule has 1 aliphatic heterocycles. The number of hydrogen-bond donors (Lipinski definition) is 2. The Bertz CT molecular complexity index is 452. The summed E-state index contributed by atoms with van der Waals surface area (Å²) in [5.41, 5.74) is -0.613. The van der Waals surface area contributed by atoms with Crippen molar-refractivity contribution in [1.29, 1.82) is 0 Å². The van der Waals surface area contributed by atoms with E-state index in [2.05, 4.69) is 23.8 Å². The van der Waals surface area contributed by atoms with E-state index in [0.717, 1.165) is 6.42 Å². The van der Waals surface area contributed by atoms with Gasteiger partial charge in [-0.25, -0.2) is 0 Å². The Hall–Kier alpha value is -1.66. The first-order valence-corrected chi connectivity index (χ1v) is 7.82. The van der Waals surface area contributed by atoms with Crippen LogP contribution in [0.15, 0.2) is 25.3 Å². The minimum absolute atomic E-state index is 0.201. The van der Waals surface area contributed by atoms with Crippen LogP contribution in [0.1, 0.15) is 27.2 Å². The lowest BCUT2D eigenvalue weighted by Crippen LogP contribution is -2.53. The molecule has 0 radical (unpaired) electrons. The van der Waals surface area contributed by atoms with Gasteiger partial charge in [-0.3, -0.25) is 9.59 Å². The van der Waals surface area contributed by atoms with Gasteiger partial charge in [0.25, 0.3) is 0 Å². The summed E-state index contributed by atoms with van der Waals surface area (Å²) in [6, 6.07) is 0. The summed E-state index contributed by atoms with van der Waals surface area (Å²) in [6.07, 6.45) is 2.90. The van der Waals surface area contributed by atoms with E-state index in [9.17, 15) is 9.59 Å². The molecular formula is C17H28N2O4. The monoisotopic (exact) mass is 324 g/mol. The minimum Gasteiger partial charge on any atom is -0.352 e. The van der Waals surface area contributed by atoms with Crippen molar-refractivity contribution in [2.75, 3.05) is 26.3 Å². The predicted octanol–water partition coefficient (Wildman–Crippen LogP) is 1.39. The third-order valence-electron chi connectivity index (χ3n) is 4.20. The van der Waals surface area contributed by atoms with Crippen LogP contribution in [0.25, 0.3) is 0 Å². The molecule has 23 heavy (non-hydrogen) atoms. The Kier molecular flexibility index (Phi) is 6.97. The maximum absolute atomic E-state index is 11.4. The Morgan fingerprint density at radius 3 is 2.17 bits per heavy atom. The fourth-order valence-electron chi connectivity index (χ4n) is 2.29. The van der Waals surface area contributed by atoms with Crippen molar-refractivity contribution in [2.24, 2.45) is 10.8 Å². The molecule has 0 aromatic heterocycles. The normalized spacial score (nSPS) is 24.6. The van der Waals surface area contributed by atoms with E-state index in [0.29, 0.717) is 26.3 Å². The fraction of sp³-hybridized carbons (Fsp3) is 0.647. The average molecular weight is 324 g/mol. The third-order valence-corrected chi connectivity index (χ3v) is 4.20. The molecule has 0 bridgehead atoms. The van der Waals surface area contributed by atoms with Gasteiger partial charge in [0.05, 0.1) is 13.2 Å². The summed E-state index contributed by atoms with van der Waals surface area (Å²) in [6.45, 7) is 14.7. The Labute approximate surface area is 138 Å². The highest BCUT2D eigenvalue weighted by Gasteiger charge is 2.41. The van der Waals surface area contributed by atoms with Gasteiger partial charge in [0.2, 0.25) is 11.8 Å². The number of hydrogen-bond acceptors (Lipinski definition) is 4. The number of rotatable bonds is 8. The maximum Gasteiger partial charge on any atom is 0.243 e. The zero-order valence-electron chi connectivity index (χ0n) is 14.3. The SMILES string of the molecule is C=CC(=O)NCC1(CC)COC(C(C)(C)CNC(=O)C=C)OC1. The summed E-state index contributed by atoms with van der Waals surface area (Å²) in [4.78, 5) is 22.7. The lowest BCUT2D eigenvalue weighted by atomic mass is 9.84. The van der Waals surface area contributed by atoms with Crippen LogP contribution < -0.4 is 10.6 Å². The number of amides is 2. The largest absolute Gasteiger partial charge is 0.352 e. The van der Waals surface area contributed by atoms with E-state index in [1.54, 1.807) is 0 Å². The molecule has 0 unspecified atom stereocenters. The number of nitrogens with one attached hydrogen (secondary N) is 2. The smallest absolute Gasteiger partial charge is 0.243 e. The van der Waals surface area contributed by atoms with E-state index in [1.165, 1.54) is 12.2 Å². The highest BCUT2D eigenvalue weighted by Crippen LogP contribution is 2.34. The molecule has 0 aromatic rings. The molecule has 1 aliphatic rings. The van der Waals surface area contributed by atoms with Gasteiger partial charge in [-0.2, -0.15) is 0 Å². The molecule has 1 fully saturated rings. The fourth-order valence-corrected chi connectivity index (χ4v) is 2.29. The molecule has 0 atom stereocenters. The Morgan fingerprint density at radius 2 is 1.70 bits per heavy atom. The van der Waals surface area contributed by atoms with Crippen molar-refractivity contribution >= 4 is 11.8 Å². The lowest BCUT2D eigenvalue weighted by Gasteiger charge is -2.44. The van der Waals surface area contributed by atoms with Crippen molar-refractivity contribution in [1.82, 2.24) is 10.6 Å². The molecule has 1 saturated heterocycles. The van der Waals surface area contributed by atoms with Crippen LogP contribution in [0.2, 0.25) is 0 Å². The second kappa shape index (κ2) is 8.26. The van der Waals surface area contributed by atoms with Gasteiger partial charge in [-0.15, -0.1) is 0 Å². The molecular weight excluding hydrogens is 296 g/mol. The first kappa shape index (κ1) is 19.4. The van der Waals surface area contributed by atoms with Gasteiger partial charge in [0, 0.05) is 23.9 Å². The maximum atomic E-state index is 11.4. The van der Waals surface area contributed by atoms with Crippen LogP contribution in [0, 0.1) is 10.8 Å². The molecule has 2 N–H and O–H groups in total. The first-order chi connectivity index (χ1) is 10.8. The van der Waals surface area contributed by atoms with Crippen LogP contribution in [-0.4, -0.2) is 44.4 Å². The highest BCUT2D eigenvalue weighted by molar-refractivity contribution is 5.87. The van der Waals surface area contributed by atoms with Crippen molar-refractivity contribution < 1.29 is 19.1 Å². The van der Waals surface area contributed by atoms with E-state index in [-0.39, 0.29) is 22.6 Å². The standard InChI is InChI=1S/C17H28N2O4/c1-6-13(20)18-9-16(4,5)15-22-11-17(8-3,12-23-15)10-19-14(21)7-2/h6-7,15H,1-2,8-12H2,3-5H3,(H,18,20)(H,19,21). The summed E-state index contributed by atoms with van der Waals surface area (Å²) >= 11 is 0. The van der Waals surface area contributed by atoms with Gasteiger partial charge < -0.3 is 20.1 Å². The molecule has 1 rings (SSSR count). The molecule has 6 nitrogen and oxygen atoms in total. The quantitative estimate of drug-likeness (QED) is 0.662. The van der Waals surface area contributed by atoms with Gasteiger partial charge in [-0.1, -0.05) is 33.9 Å². The first-order valence-electron chi connectivity index (χ1n) is 7.82. The number of ether oxygens (including phenoxy) is 2. The van der Waals surface area contributed by atoms with Crippen molar-refractivity contribution in [3.05, 3.63) is 25.3 Å². The Morgan fingerprint density at radius 1 is 1.17 bits per heavy atom. The topological polar surface area (TPSA) is 76.7 Å². The summed E-state index contributed by atoms with van der Waals surface area (Å²) in [7, 11) is 0.